The molecule has 0 aliphatic rings. The molecule has 2 aromatic heterocycles. The minimum atomic E-state index is 0.977. The van der Waals surface area contributed by atoms with Gasteiger partial charge in [0.25, 0.3) is 0 Å². The van der Waals surface area contributed by atoms with Gasteiger partial charge >= 0.3 is 0 Å². The highest BCUT2D eigenvalue weighted by Gasteiger charge is 2.14. The van der Waals surface area contributed by atoms with Crippen molar-refractivity contribution in [3.8, 4) is 0 Å². The van der Waals surface area contributed by atoms with Crippen molar-refractivity contribution < 1.29 is 0 Å². The molecule has 15 heavy (non-hydrogen) atoms. The molecule has 0 aromatic carbocycles. The molecule has 0 aliphatic carbocycles. The molecular weight excluding hydrogens is 188 g/mol. The average Bonchev–Trinajstić information content (AvgIpc) is 2.56. The minimum Gasteiger partial charge on any atom is -0.361 e. The molecule has 0 radical (unpaired) electrons. The standard InChI is InChI=1S/C11H16N4/c1-13(2)10-11(14(3)4)15-8-6-5-7-9(15)12-10/h5-8H,1-4H3. The first-order valence-electron chi connectivity index (χ1n) is 4.93. The van der Waals surface area contributed by atoms with E-state index in [0.29, 0.717) is 0 Å². The van der Waals surface area contributed by atoms with Gasteiger partial charge in [-0.15, -0.1) is 0 Å². The van der Waals surface area contributed by atoms with Gasteiger partial charge in [0.05, 0.1) is 0 Å². The van der Waals surface area contributed by atoms with Crippen LogP contribution in [-0.2, 0) is 0 Å². The van der Waals surface area contributed by atoms with Crippen molar-refractivity contribution in [3.05, 3.63) is 24.4 Å². The summed E-state index contributed by atoms with van der Waals surface area (Å²) in [6.45, 7) is 0. The Kier molecular flexibility index (Phi) is 2.26. The third-order valence-electron chi connectivity index (χ3n) is 2.33. The fraction of sp³-hybridized carbons (Fsp3) is 0.364. The summed E-state index contributed by atoms with van der Waals surface area (Å²) in [4.78, 5) is 8.69. The first kappa shape index (κ1) is 9.83. The summed E-state index contributed by atoms with van der Waals surface area (Å²) in [6, 6.07) is 6.03. The molecule has 4 heteroatoms. The Morgan fingerprint density at radius 1 is 1.07 bits per heavy atom. The Morgan fingerprint density at radius 3 is 2.40 bits per heavy atom. The van der Waals surface area contributed by atoms with Gasteiger partial charge in [0.1, 0.15) is 5.65 Å². The number of pyridine rings is 1. The van der Waals surface area contributed by atoms with E-state index in [9.17, 15) is 0 Å². The predicted octanol–water partition coefficient (Wildman–Crippen LogP) is 1.47. The molecule has 0 saturated carbocycles. The van der Waals surface area contributed by atoms with E-state index in [0.717, 1.165) is 17.3 Å². The normalized spacial score (nSPS) is 10.7. The van der Waals surface area contributed by atoms with Gasteiger partial charge in [-0.3, -0.25) is 4.40 Å². The predicted molar refractivity (Wildman–Crippen MR) is 63.8 cm³/mol. The summed E-state index contributed by atoms with van der Waals surface area (Å²) in [7, 11) is 8.08. The number of hydrogen-bond acceptors (Lipinski definition) is 3. The van der Waals surface area contributed by atoms with Gasteiger partial charge in [-0.05, 0) is 12.1 Å². The number of fused-ring (bicyclic) bond motifs is 1. The van der Waals surface area contributed by atoms with E-state index in [1.807, 2.05) is 57.5 Å². The number of hydrogen-bond donors (Lipinski definition) is 0. The third kappa shape index (κ3) is 1.52. The van der Waals surface area contributed by atoms with Crippen molar-refractivity contribution in [2.24, 2.45) is 0 Å². The molecule has 2 rings (SSSR count). The Labute approximate surface area is 89.7 Å². The maximum absolute atomic E-state index is 4.58. The zero-order valence-corrected chi connectivity index (χ0v) is 9.60. The van der Waals surface area contributed by atoms with Crippen molar-refractivity contribution in [2.45, 2.75) is 0 Å². The summed E-state index contributed by atoms with van der Waals surface area (Å²) in [6.07, 6.45) is 2.03. The van der Waals surface area contributed by atoms with Crippen LogP contribution in [0.1, 0.15) is 0 Å². The molecule has 0 N–H and O–H groups in total. The minimum absolute atomic E-state index is 0.977. The molecule has 0 fully saturated rings. The summed E-state index contributed by atoms with van der Waals surface area (Å²) in [5, 5.41) is 0. The largest absolute Gasteiger partial charge is 0.361 e. The van der Waals surface area contributed by atoms with Crippen molar-refractivity contribution in [1.82, 2.24) is 9.38 Å². The molecule has 4 nitrogen and oxygen atoms in total. The summed E-state index contributed by atoms with van der Waals surface area (Å²) < 4.78 is 2.09. The van der Waals surface area contributed by atoms with Gasteiger partial charge in [0.15, 0.2) is 11.6 Å². The fourth-order valence-corrected chi connectivity index (χ4v) is 1.69. The highest BCUT2D eigenvalue weighted by molar-refractivity contribution is 5.69. The quantitative estimate of drug-likeness (QED) is 0.740. The van der Waals surface area contributed by atoms with Crippen LogP contribution in [0.25, 0.3) is 5.65 Å². The maximum Gasteiger partial charge on any atom is 0.172 e. The molecule has 2 heterocycles. The van der Waals surface area contributed by atoms with Crippen LogP contribution in [0.4, 0.5) is 11.6 Å². The summed E-state index contributed by atoms with van der Waals surface area (Å²) in [5.41, 5.74) is 0.977. The molecule has 0 spiro atoms. The molecular formula is C11H16N4. The Bertz CT molecular complexity index is 470. The second kappa shape index (κ2) is 3.46. The summed E-state index contributed by atoms with van der Waals surface area (Å²) >= 11 is 0. The highest BCUT2D eigenvalue weighted by Crippen LogP contribution is 2.26. The molecule has 2 aromatic rings. The average molecular weight is 204 g/mol. The number of aromatic nitrogens is 2. The van der Waals surface area contributed by atoms with Crippen LogP contribution in [0.15, 0.2) is 24.4 Å². The monoisotopic (exact) mass is 204 g/mol. The van der Waals surface area contributed by atoms with E-state index in [1.54, 1.807) is 0 Å². The lowest BCUT2D eigenvalue weighted by molar-refractivity contribution is 1.01. The van der Waals surface area contributed by atoms with Crippen LogP contribution in [0.3, 0.4) is 0 Å². The van der Waals surface area contributed by atoms with Crippen molar-refractivity contribution >= 4 is 17.3 Å². The van der Waals surface area contributed by atoms with Gasteiger partial charge in [-0.2, -0.15) is 0 Å². The van der Waals surface area contributed by atoms with Crippen LogP contribution in [0.5, 0.6) is 0 Å². The number of nitrogens with zero attached hydrogens (tertiary/aromatic N) is 4. The second-order valence-electron chi connectivity index (χ2n) is 3.98. The smallest absolute Gasteiger partial charge is 0.172 e. The lowest BCUT2D eigenvalue weighted by Crippen LogP contribution is -2.17. The van der Waals surface area contributed by atoms with E-state index in [1.165, 1.54) is 0 Å². The molecule has 0 atom stereocenters. The zero-order valence-electron chi connectivity index (χ0n) is 9.60. The molecule has 80 valence electrons. The molecule has 0 saturated heterocycles. The van der Waals surface area contributed by atoms with Crippen LogP contribution in [0, 0.1) is 0 Å². The van der Waals surface area contributed by atoms with Gasteiger partial charge < -0.3 is 9.80 Å². The van der Waals surface area contributed by atoms with Gasteiger partial charge in [-0.25, -0.2) is 4.98 Å². The van der Waals surface area contributed by atoms with E-state index >= 15 is 0 Å². The second-order valence-corrected chi connectivity index (χ2v) is 3.98. The molecule has 0 bridgehead atoms. The fourth-order valence-electron chi connectivity index (χ4n) is 1.69. The van der Waals surface area contributed by atoms with Crippen LogP contribution in [-0.4, -0.2) is 37.6 Å². The SMILES string of the molecule is CN(C)c1nc2ccccn2c1N(C)C. The van der Waals surface area contributed by atoms with E-state index in [4.69, 9.17) is 0 Å². The third-order valence-corrected chi connectivity index (χ3v) is 2.33. The van der Waals surface area contributed by atoms with E-state index < -0.39 is 0 Å². The molecule has 0 amide bonds. The Hall–Kier alpha value is -1.71. The number of anilines is 2. The van der Waals surface area contributed by atoms with Crippen LogP contribution < -0.4 is 9.80 Å². The topological polar surface area (TPSA) is 23.8 Å². The maximum atomic E-state index is 4.58. The first-order valence-corrected chi connectivity index (χ1v) is 4.93. The molecule has 0 aliphatic heterocycles. The van der Waals surface area contributed by atoms with Crippen molar-refractivity contribution in [1.29, 1.82) is 0 Å². The highest BCUT2D eigenvalue weighted by atomic mass is 15.3. The Morgan fingerprint density at radius 2 is 1.80 bits per heavy atom. The zero-order chi connectivity index (χ0) is 11.0. The number of rotatable bonds is 2. The van der Waals surface area contributed by atoms with E-state index in [2.05, 4.69) is 14.3 Å². The number of imidazole rings is 1. The van der Waals surface area contributed by atoms with Crippen molar-refractivity contribution in [2.75, 3.05) is 38.0 Å². The molecule has 0 unspecified atom stereocenters. The Balaban J connectivity index is 2.75. The van der Waals surface area contributed by atoms with Crippen LogP contribution >= 0.6 is 0 Å². The van der Waals surface area contributed by atoms with Crippen LogP contribution in [0.2, 0.25) is 0 Å². The first-order chi connectivity index (χ1) is 7.11. The van der Waals surface area contributed by atoms with Gasteiger partial charge in [-0.1, -0.05) is 6.07 Å². The van der Waals surface area contributed by atoms with E-state index in [-0.39, 0.29) is 0 Å². The van der Waals surface area contributed by atoms with Crippen molar-refractivity contribution in [3.63, 3.8) is 0 Å². The van der Waals surface area contributed by atoms with Gasteiger partial charge in [0.2, 0.25) is 0 Å². The lowest BCUT2D eigenvalue weighted by Gasteiger charge is -2.17. The van der Waals surface area contributed by atoms with Gasteiger partial charge in [0, 0.05) is 34.4 Å². The summed E-state index contributed by atoms with van der Waals surface area (Å²) in [5.74, 6) is 2.10. The lowest BCUT2D eigenvalue weighted by atomic mass is 10.5.